The SMILES string of the molecule is COc1ccc(NS(=O)(=O)c2ccc(C(=O)N3CCN(c4ccccc4OC)CC3)cc2)cc1. The molecule has 0 saturated carbocycles. The highest BCUT2D eigenvalue weighted by Crippen LogP contribution is 2.28. The standard InChI is InChI=1S/C25H27N3O5S/c1-32-21-11-9-20(10-12-21)26-34(30,31)22-13-7-19(8-14-22)25(29)28-17-15-27(16-18-28)23-5-3-4-6-24(23)33-2/h3-14,26H,15-18H2,1-2H3. The first-order chi connectivity index (χ1) is 16.4. The molecule has 0 atom stereocenters. The van der Waals surface area contributed by atoms with Crippen molar-refractivity contribution >= 4 is 27.3 Å². The van der Waals surface area contributed by atoms with Crippen LogP contribution in [0.2, 0.25) is 0 Å². The number of hydrogen-bond acceptors (Lipinski definition) is 6. The minimum absolute atomic E-state index is 0.0841. The van der Waals surface area contributed by atoms with E-state index < -0.39 is 10.0 Å². The summed E-state index contributed by atoms with van der Waals surface area (Å²) >= 11 is 0. The highest BCUT2D eigenvalue weighted by atomic mass is 32.2. The van der Waals surface area contributed by atoms with Crippen LogP contribution in [0.15, 0.2) is 77.7 Å². The van der Waals surface area contributed by atoms with Crippen molar-refractivity contribution in [2.75, 3.05) is 50.0 Å². The lowest BCUT2D eigenvalue weighted by Crippen LogP contribution is -2.48. The number of anilines is 2. The average molecular weight is 482 g/mol. The van der Waals surface area contributed by atoms with E-state index in [4.69, 9.17) is 9.47 Å². The van der Waals surface area contributed by atoms with Gasteiger partial charge in [0.25, 0.3) is 15.9 Å². The first-order valence-corrected chi connectivity index (χ1v) is 12.3. The Balaban J connectivity index is 1.39. The van der Waals surface area contributed by atoms with E-state index in [1.54, 1.807) is 55.5 Å². The van der Waals surface area contributed by atoms with E-state index in [1.807, 2.05) is 24.3 Å². The van der Waals surface area contributed by atoms with Crippen LogP contribution in [0.1, 0.15) is 10.4 Å². The Bertz CT molecular complexity index is 1240. The van der Waals surface area contributed by atoms with Crippen molar-refractivity contribution in [3.63, 3.8) is 0 Å². The normalized spacial score (nSPS) is 13.9. The molecular weight excluding hydrogens is 454 g/mol. The molecule has 1 fully saturated rings. The summed E-state index contributed by atoms with van der Waals surface area (Å²) in [5.74, 6) is 1.32. The Labute approximate surface area is 199 Å². The maximum absolute atomic E-state index is 13.0. The second kappa shape index (κ2) is 10.0. The third-order valence-corrected chi connectivity index (χ3v) is 7.14. The fourth-order valence-corrected chi connectivity index (χ4v) is 4.93. The van der Waals surface area contributed by atoms with Gasteiger partial charge in [-0.2, -0.15) is 0 Å². The van der Waals surface area contributed by atoms with Crippen LogP contribution < -0.4 is 19.1 Å². The van der Waals surface area contributed by atoms with Gasteiger partial charge in [-0.15, -0.1) is 0 Å². The Morgan fingerprint density at radius 3 is 2.09 bits per heavy atom. The van der Waals surface area contributed by atoms with Crippen molar-refractivity contribution in [2.45, 2.75) is 4.90 Å². The summed E-state index contributed by atoms with van der Waals surface area (Å²) in [6, 6.07) is 20.4. The number of benzene rings is 3. The second-order valence-electron chi connectivity index (χ2n) is 7.81. The predicted molar refractivity (Wildman–Crippen MR) is 131 cm³/mol. The Kier molecular flexibility index (Phi) is 6.93. The Morgan fingerprint density at radius 1 is 0.824 bits per heavy atom. The molecule has 0 aliphatic carbocycles. The lowest BCUT2D eigenvalue weighted by molar-refractivity contribution is 0.0746. The zero-order chi connectivity index (χ0) is 24.1. The summed E-state index contributed by atoms with van der Waals surface area (Å²) in [4.78, 5) is 17.0. The van der Waals surface area contributed by atoms with Crippen molar-refractivity contribution in [2.24, 2.45) is 0 Å². The molecule has 9 heteroatoms. The molecule has 4 rings (SSSR count). The number of amides is 1. The number of piperazine rings is 1. The fourth-order valence-electron chi connectivity index (χ4n) is 3.87. The number of carbonyl (C=O) groups excluding carboxylic acids is 1. The van der Waals surface area contributed by atoms with Gasteiger partial charge in [0, 0.05) is 37.4 Å². The highest BCUT2D eigenvalue weighted by Gasteiger charge is 2.24. The minimum Gasteiger partial charge on any atom is -0.497 e. The smallest absolute Gasteiger partial charge is 0.261 e. The van der Waals surface area contributed by atoms with Crippen LogP contribution in [-0.2, 0) is 10.0 Å². The molecule has 1 heterocycles. The largest absolute Gasteiger partial charge is 0.497 e. The molecule has 0 bridgehead atoms. The molecule has 0 unspecified atom stereocenters. The third kappa shape index (κ3) is 5.09. The zero-order valence-corrected chi connectivity index (χ0v) is 19.9. The summed E-state index contributed by atoms with van der Waals surface area (Å²) in [6.07, 6.45) is 0. The lowest BCUT2D eigenvalue weighted by atomic mass is 10.1. The van der Waals surface area contributed by atoms with Gasteiger partial charge in [-0.1, -0.05) is 12.1 Å². The van der Waals surface area contributed by atoms with Gasteiger partial charge in [0.15, 0.2) is 0 Å². The molecule has 178 valence electrons. The Morgan fingerprint density at radius 2 is 1.47 bits per heavy atom. The zero-order valence-electron chi connectivity index (χ0n) is 19.1. The van der Waals surface area contributed by atoms with Gasteiger partial charge >= 0.3 is 0 Å². The topological polar surface area (TPSA) is 88.2 Å². The summed E-state index contributed by atoms with van der Waals surface area (Å²) in [5, 5.41) is 0. The van der Waals surface area contributed by atoms with E-state index in [2.05, 4.69) is 9.62 Å². The molecule has 3 aromatic carbocycles. The highest BCUT2D eigenvalue weighted by molar-refractivity contribution is 7.92. The minimum atomic E-state index is -3.78. The molecule has 1 saturated heterocycles. The van der Waals surface area contributed by atoms with Crippen LogP contribution in [0.4, 0.5) is 11.4 Å². The van der Waals surface area contributed by atoms with Gasteiger partial charge in [0.2, 0.25) is 0 Å². The number of methoxy groups -OCH3 is 2. The van der Waals surface area contributed by atoms with E-state index in [1.165, 1.54) is 12.1 Å². The molecule has 8 nitrogen and oxygen atoms in total. The summed E-state index contributed by atoms with van der Waals surface area (Å²) in [6.45, 7) is 2.50. The Hall–Kier alpha value is -3.72. The molecule has 1 N–H and O–H groups in total. The van der Waals surface area contributed by atoms with Gasteiger partial charge in [0.1, 0.15) is 11.5 Å². The van der Waals surface area contributed by atoms with Gasteiger partial charge in [-0.25, -0.2) is 8.42 Å². The summed E-state index contributed by atoms with van der Waals surface area (Å²) in [7, 11) is -0.587. The van der Waals surface area contributed by atoms with Crippen LogP contribution in [0, 0.1) is 0 Å². The number of rotatable bonds is 7. The van der Waals surface area contributed by atoms with E-state index >= 15 is 0 Å². The number of para-hydroxylation sites is 2. The van der Waals surface area contributed by atoms with Crippen LogP contribution in [0.25, 0.3) is 0 Å². The van der Waals surface area contributed by atoms with Crippen molar-refractivity contribution in [1.82, 2.24) is 4.90 Å². The molecule has 34 heavy (non-hydrogen) atoms. The fraction of sp³-hybridized carbons (Fsp3) is 0.240. The number of nitrogens with zero attached hydrogens (tertiary/aromatic N) is 2. The first-order valence-electron chi connectivity index (χ1n) is 10.9. The monoisotopic (exact) mass is 481 g/mol. The summed E-state index contributed by atoms with van der Waals surface area (Å²) in [5.41, 5.74) is 1.89. The predicted octanol–water partition coefficient (Wildman–Crippen LogP) is 3.47. The molecule has 3 aromatic rings. The van der Waals surface area contributed by atoms with Crippen molar-refractivity contribution in [3.8, 4) is 11.5 Å². The number of hydrogen-bond donors (Lipinski definition) is 1. The van der Waals surface area contributed by atoms with E-state index in [0.717, 1.165) is 11.4 Å². The number of carbonyl (C=O) groups is 1. The molecule has 0 radical (unpaired) electrons. The quantitative estimate of drug-likeness (QED) is 0.556. The number of nitrogens with one attached hydrogen (secondary N) is 1. The van der Waals surface area contributed by atoms with Gasteiger partial charge in [-0.3, -0.25) is 9.52 Å². The van der Waals surface area contributed by atoms with Gasteiger partial charge in [0.05, 0.1) is 24.8 Å². The molecule has 0 aromatic heterocycles. The van der Waals surface area contributed by atoms with Crippen LogP contribution in [0.3, 0.4) is 0 Å². The average Bonchev–Trinajstić information content (AvgIpc) is 2.88. The molecule has 1 aliphatic heterocycles. The van der Waals surface area contributed by atoms with Gasteiger partial charge < -0.3 is 19.3 Å². The van der Waals surface area contributed by atoms with Crippen LogP contribution in [0.5, 0.6) is 11.5 Å². The van der Waals surface area contributed by atoms with E-state index in [-0.39, 0.29) is 10.8 Å². The van der Waals surface area contributed by atoms with Gasteiger partial charge in [-0.05, 0) is 60.7 Å². The van der Waals surface area contributed by atoms with Crippen molar-refractivity contribution < 1.29 is 22.7 Å². The van der Waals surface area contributed by atoms with E-state index in [9.17, 15) is 13.2 Å². The maximum atomic E-state index is 13.0. The maximum Gasteiger partial charge on any atom is 0.261 e. The second-order valence-corrected chi connectivity index (χ2v) is 9.49. The molecular formula is C25H27N3O5S. The van der Waals surface area contributed by atoms with Crippen LogP contribution >= 0.6 is 0 Å². The number of ether oxygens (including phenoxy) is 2. The lowest BCUT2D eigenvalue weighted by Gasteiger charge is -2.36. The van der Waals surface area contributed by atoms with E-state index in [0.29, 0.717) is 43.2 Å². The number of sulfonamides is 1. The molecule has 1 aliphatic rings. The van der Waals surface area contributed by atoms with Crippen molar-refractivity contribution in [1.29, 1.82) is 0 Å². The summed E-state index contributed by atoms with van der Waals surface area (Å²) < 4.78 is 38.5. The molecule has 0 spiro atoms. The third-order valence-electron chi connectivity index (χ3n) is 5.75. The van der Waals surface area contributed by atoms with Crippen molar-refractivity contribution in [3.05, 3.63) is 78.4 Å². The van der Waals surface area contributed by atoms with Crippen LogP contribution in [-0.4, -0.2) is 59.6 Å². The first kappa shape index (κ1) is 23.4. The molecule has 1 amide bonds.